The molecule has 4 aliphatic rings. The molecule has 0 saturated heterocycles. The number of hydrogen-bond acceptors (Lipinski definition) is 4. The molecule has 8 atom stereocenters. The second-order valence-corrected chi connectivity index (χ2v) is 11.4. The second kappa shape index (κ2) is 7.88. The van der Waals surface area contributed by atoms with E-state index in [1.165, 1.54) is 32.1 Å². The first-order valence-corrected chi connectivity index (χ1v) is 12.4. The van der Waals surface area contributed by atoms with Gasteiger partial charge in [0.05, 0.1) is 25.0 Å². The van der Waals surface area contributed by atoms with Crippen molar-refractivity contribution in [1.82, 2.24) is 4.98 Å². The average molecular weight is 426 g/mol. The predicted molar refractivity (Wildman–Crippen MR) is 121 cm³/mol. The molecule has 0 aromatic carbocycles. The number of nitrogens with zero attached hydrogens (tertiary/aromatic N) is 1. The average Bonchev–Trinajstić information content (AvgIpc) is 3.11. The lowest BCUT2D eigenvalue weighted by atomic mass is 9.47. The number of aliphatic hydroxyl groups is 2. The maximum Gasteiger partial charge on any atom is 0.138 e. The zero-order valence-electron chi connectivity index (χ0n) is 19.4. The summed E-state index contributed by atoms with van der Waals surface area (Å²) in [6.07, 6.45) is 15.4. The largest absolute Gasteiger partial charge is 0.489 e. The molecule has 4 nitrogen and oxygen atoms in total. The zero-order chi connectivity index (χ0) is 21.8. The standard InChI is InChI=1S/C27H39NO3/c1-17(31-21-12-18(16-29)14-28-15-21)23-6-7-24-22-5-4-19-13-20(30)8-10-26(19,2)25(22)9-11-27(23,24)3/h4,12,14-15,17,20,22-25,29-30H,5-11,13,16H2,1-3H3/t17-,20-,22-,23+,24-,25-,26-,27+/m0/s1. The van der Waals surface area contributed by atoms with E-state index in [0.29, 0.717) is 16.7 Å². The van der Waals surface area contributed by atoms with Crippen molar-refractivity contribution in [2.75, 3.05) is 0 Å². The summed E-state index contributed by atoms with van der Waals surface area (Å²) in [6.45, 7) is 7.28. The second-order valence-electron chi connectivity index (χ2n) is 11.4. The fourth-order valence-electron chi connectivity index (χ4n) is 8.36. The van der Waals surface area contributed by atoms with Gasteiger partial charge in [0.15, 0.2) is 0 Å². The lowest BCUT2D eigenvalue weighted by Crippen LogP contribution is -2.51. The molecule has 5 rings (SSSR count). The SMILES string of the molecule is C[C@H](Oc1cncc(CO)c1)[C@H]1CC[C@H]2[C@@H]3CC=C4C[C@@H](O)CC[C@]4(C)[C@H]3CC[C@]12C. The molecule has 2 N–H and O–H groups in total. The molecule has 1 aromatic heterocycles. The summed E-state index contributed by atoms with van der Waals surface area (Å²) in [5, 5.41) is 19.6. The van der Waals surface area contributed by atoms with Gasteiger partial charge in [0, 0.05) is 12.1 Å². The first-order valence-electron chi connectivity index (χ1n) is 12.4. The van der Waals surface area contributed by atoms with Crippen LogP contribution in [-0.4, -0.2) is 27.4 Å². The van der Waals surface area contributed by atoms with E-state index in [4.69, 9.17) is 4.74 Å². The monoisotopic (exact) mass is 425 g/mol. The first-order chi connectivity index (χ1) is 14.8. The van der Waals surface area contributed by atoms with E-state index >= 15 is 0 Å². The van der Waals surface area contributed by atoms with Crippen LogP contribution in [0.15, 0.2) is 30.1 Å². The highest BCUT2D eigenvalue weighted by Crippen LogP contribution is 2.66. The normalized spacial score (nSPS) is 42.7. The van der Waals surface area contributed by atoms with Gasteiger partial charge in [0.25, 0.3) is 0 Å². The Kier molecular flexibility index (Phi) is 5.45. The number of hydrogen-bond donors (Lipinski definition) is 2. The van der Waals surface area contributed by atoms with Gasteiger partial charge in [-0.25, -0.2) is 0 Å². The van der Waals surface area contributed by atoms with Crippen molar-refractivity contribution in [3.63, 3.8) is 0 Å². The van der Waals surface area contributed by atoms with Crippen LogP contribution in [0.4, 0.5) is 0 Å². The Balaban J connectivity index is 1.35. The lowest BCUT2D eigenvalue weighted by molar-refractivity contribution is -0.0643. The minimum atomic E-state index is -0.127. The maximum atomic E-state index is 10.2. The maximum absolute atomic E-state index is 10.2. The fourth-order valence-corrected chi connectivity index (χ4v) is 8.36. The minimum Gasteiger partial charge on any atom is -0.489 e. The van der Waals surface area contributed by atoms with Crippen LogP contribution in [0, 0.1) is 34.5 Å². The van der Waals surface area contributed by atoms with E-state index < -0.39 is 0 Å². The summed E-state index contributed by atoms with van der Waals surface area (Å²) in [7, 11) is 0. The van der Waals surface area contributed by atoms with Crippen LogP contribution in [0.2, 0.25) is 0 Å². The summed E-state index contributed by atoms with van der Waals surface area (Å²) < 4.78 is 6.40. The molecule has 0 unspecified atom stereocenters. The highest BCUT2D eigenvalue weighted by Gasteiger charge is 2.59. The Hall–Kier alpha value is -1.39. The number of fused-ring (bicyclic) bond motifs is 5. The van der Waals surface area contributed by atoms with Crippen LogP contribution in [0.25, 0.3) is 0 Å². The van der Waals surface area contributed by atoms with E-state index in [0.717, 1.165) is 48.3 Å². The van der Waals surface area contributed by atoms with Gasteiger partial charge in [-0.1, -0.05) is 25.5 Å². The zero-order valence-corrected chi connectivity index (χ0v) is 19.4. The molecule has 3 saturated carbocycles. The predicted octanol–water partition coefficient (Wildman–Crippen LogP) is 5.28. The van der Waals surface area contributed by atoms with Crippen molar-refractivity contribution in [2.24, 2.45) is 34.5 Å². The van der Waals surface area contributed by atoms with Crippen LogP contribution in [-0.2, 0) is 6.61 Å². The van der Waals surface area contributed by atoms with E-state index in [9.17, 15) is 10.2 Å². The molecule has 0 bridgehead atoms. The van der Waals surface area contributed by atoms with Gasteiger partial charge in [0.1, 0.15) is 5.75 Å². The molecule has 4 heteroatoms. The molecular formula is C27H39NO3. The third-order valence-electron chi connectivity index (χ3n) is 9.99. The molecule has 4 aliphatic carbocycles. The number of allylic oxidation sites excluding steroid dienone is 1. The molecule has 1 heterocycles. The topological polar surface area (TPSA) is 62.6 Å². The summed E-state index contributed by atoms with van der Waals surface area (Å²) >= 11 is 0. The number of pyridine rings is 1. The number of aromatic nitrogens is 1. The minimum absolute atomic E-state index is 0.00380. The third-order valence-corrected chi connectivity index (χ3v) is 9.99. The molecule has 0 amide bonds. The molecule has 0 aliphatic heterocycles. The summed E-state index contributed by atoms with van der Waals surface area (Å²) in [5.41, 5.74) is 2.99. The lowest BCUT2D eigenvalue weighted by Gasteiger charge is -2.58. The number of ether oxygens (including phenoxy) is 1. The van der Waals surface area contributed by atoms with Gasteiger partial charge in [-0.2, -0.15) is 0 Å². The van der Waals surface area contributed by atoms with Gasteiger partial charge >= 0.3 is 0 Å². The van der Waals surface area contributed by atoms with Crippen molar-refractivity contribution < 1.29 is 14.9 Å². The van der Waals surface area contributed by atoms with E-state index in [1.54, 1.807) is 18.0 Å². The fraction of sp³-hybridized carbons (Fsp3) is 0.741. The van der Waals surface area contributed by atoms with Gasteiger partial charge in [-0.15, -0.1) is 0 Å². The van der Waals surface area contributed by atoms with Crippen molar-refractivity contribution >= 4 is 0 Å². The summed E-state index contributed by atoms with van der Waals surface area (Å²) in [5.74, 6) is 3.66. The van der Waals surface area contributed by atoms with Crippen molar-refractivity contribution in [1.29, 1.82) is 0 Å². The Labute approximate surface area is 187 Å². The molecule has 0 radical (unpaired) electrons. The molecule has 0 spiro atoms. The Morgan fingerprint density at radius 1 is 1.13 bits per heavy atom. The number of aliphatic hydroxyl groups excluding tert-OH is 2. The molecule has 1 aromatic rings. The Morgan fingerprint density at radius 2 is 1.97 bits per heavy atom. The van der Waals surface area contributed by atoms with Crippen molar-refractivity contribution in [3.05, 3.63) is 35.7 Å². The Bertz CT molecular complexity index is 853. The van der Waals surface area contributed by atoms with Gasteiger partial charge < -0.3 is 14.9 Å². The first kappa shape index (κ1) is 21.5. The van der Waals surface area contributed by atoms with Crippen LogP contribution in [0.5, 0.6) is 5.75 Å². The summed E-state index contributed by atoms with van der Waals surface area (Å²) in [4.78, 5) is 4.23. The number of rotatable bonds is 4. The Morgan fingerprint density at radius 3 is 2.77 bits per heavy atom. The van der Waals surface area contributed by atoms with Crippen LogP contribution in [0.3, 0.4) is 0 Å². The smallest absolute Gasteiger partial charge is 0.138 e. The highest BCUT2D eigenvalue weighted by atomic mass is 16.5. The van der Waals surface area contributed by atoms with Crippen LogP contribution in [0.1, 0.15) is 77.7 Å². The van der Waals surface area contributed by atoms with Crippen molar-refractivity contribution in [3.8, 4) is 5.75 Å². The highest BCUT2D eigenvalue weighted by molar-refractivity contribution is 5.26. The van der Waals surface area contributed by atoms with Crippen LogP contribution < -0.4 is 4.74 Å². The van der Waals surface area contributed by atoms with Gasteiger partial charge in [-0.3, -0.25) is 4.98 Å². The van der Waals surface area contributed by atoms with Gasteiger partial charge in [0.2, 0.25) is 0 Å². The summed E-state index contributed by atoms with van der Waals surface area (Å²) in [6, 6.07) is 1.92. The van der Waals surface area contributed by atoms with E-state index in [-0.39, 0.29) is 18.8 Å². The quantitative estimate of drug-likeness (QED) is 0.644. The van der Waals surface area contributed by atoms with Gasteiger partial charge in [-0.05, 0) is 98.5 Å². The van der Waals surface area contributed by atoms with Crippen LogP contribution >= 0.6 is 0 Å². The van der Waals surface area contributed by atoms with E-state index in [2.05, 4.69) is 31.8 Å². The van der Waals surface area contributed by atoms with Crippen molar-refractivity contribution in [2.45, 2.75) is 91.0 Å². The van der Waals surface area contributed by atoms with E-state index in [1.807, 2.05) is 6.07 Å². The molecule has 3 fully saturated rings. The molecule has 170 valence electrons. The molecule has 31 heavy (non-hydrogen) atoms. The molecular weight excluding hydrogens is 386 g/mol. The third kappa shape index (κ3) is 3.45.